The maximum Gasteiger partial charge on any atom is 0.135 e. The molecule has 110 valence electrons. The Morgan fingerprint density at radius 3 is 2.81 bits per heavy atom. The van der Waals surface area contributed by atoms with Gasteiger partial charge in [0, 0.05) is 10.5 Å². The summed E-state index contributed by atoms with van der Waals surface area (Å²) < 4.78 is 12.9. The molecule has 0 spiro atoms. The smallest absolute Gasteiger partial charge is 0.135 e. The van der Waals surface area contributed by atoms with Crippen LogP contribution in [0.3, 0.4) is 0 Å². The molecule has 3 rings (SSSR count). The van der Waals surface area contributed by atoms with E-state index in [1.54, 1.807) is 7.11 Å². The average molecular weight is 413 g/mol. The van der Waals surface area contributed by atoms with Crippen LogP contribution in [0.4, 0.5) is 5.69 Å². The van der Waals surface area contributed by atoms with Gasteiger partial charge in [0.05, 0.1) is 36.5 Å². The fraction of sp³-hybridized carbons (Fsp3) is 0.250. The second kappa shape index (κ2) is 6.38. The largest absolute Gasteiger partial charge is 0.495 e. The number of benzene rings is 2. The van der Waals surface area contributed by atoms with Crippen LogP contribution in [0.5, 0.6) is 5.75 Å². The molecule has 5 heteroatoms. The Labute approximate surface area is 140 Å². The van der Waals surface area contributed by atoms with Gasteiger partial charge in [0.15, 0.2) is 0 Å². The van der Waals surface area contributed by atoms with Gasteiger partial charge < -0.3 is 14.8 Å². The number of hydrogen-bond acceptors (Lipinski definition) is 3. The van der Waals surface area contributed by atoms with Crippen LogP contribution in [-0.2, 0) is 11.3 Å². The third-order valence-corrected chi connectivity index (χ3v) is 4.82. The first-order valence-corrected chi connectivity index (χ1v) is 8.22. The molecule has 2 aromatic carbocycles. The van der Waals surface area contributed by atoms with Crippen LogP contribution in [-0.4, -0.2) is 13.7 Å². The average Bonchev–Trinajstić information content (AvgIpc) is 2.50. The van der Waals surface area contributed by atoms with Crippen LogP contribution < -0.4 is 10.1 Å². The summed E-state index contributed by atoms with van der Waals surface area (Å²) in [6.07, 6.45) is 0. The predicted molar refractivity (Wildman–Crippen MR) is 90.9 cm³/mol. The SMILES string of the molecule is COc1cc(NC2COCc3ccccc32)c(Br)cc1Br. The molecule has 1 aliphatic rings. The van der Waals surface area contributed by atoms with Gasteiger partial charge in [-0.3, -0.25) is 0 Å². The van der Waals surface area contributed by atoms with Crippen LogP contribution in [0.1, 0.15) is 17.2 Å². The highest BCUT2D eigenvalue weighted by Gasteiger charge is 2.21. The van der Waals surface area contributed by atoms with E-state index in [4.69, 9.17) is 9.47 Å². The van der Waals surface area contributed by atoms with Gasteiger partial charge in [0.25, 0.3) is 0 Å². The molecule has 21 heavy (non-hydrogen) atoms. The lowest BCUT2D eigenvalue weighted by atomic mass is 9.99. The zero-order valence-corrected chi connectivity index (χ0v) is 14.7. The van der Waals surface area contributed by atoms with E-state index in [-0.39, 0.29) is 6.04 Å². The summed E-state index contributed by atoms with van der Waals surface area (Å²) in [4.78, 5) is 0. The molecule has 0 aromatic heterocycles. The lowest BCUT2D eigenvalue weighted by Crippen LogP contribution is -2.23. The summed E-state index contributed by atoms with van der Waals surface area (Å²) in [5, 5.41) is 3.53. The van der Waals surface area contributed by atoms with Crippen molar-refractivity contribution in [1.82, 2.24) is 0 Å². The Bertz CT molecular complexity index is 661. The fourth-order valence-electron chi connectivity index (χ4n) is 2.49. The summed E-state index contributed by atoms with van der Waals surface area (Å²) in [6, 6.07) is 12.5. The Kier molecular flexibility index (Phi) is 4.52. The molecule has 0 bridgehead atoms. The summed E-state index contributed by atoms with van der Waals surface area (Å²) >= 11 is 7.07. The van der Waals surface area contributed by atoms with Gasteiger partial charge in [0.1, 0.15) is 5.75 Å². The van der Waals surface area contributed by atoms with Crippen LogP contribution in [0.15, 0.2) is 45.3 Å². The molecule has 2 aromatic rings. The minimum Gasteiger partial charge on any atom is -0.495 e. The molecule has 1 unspecified atom stereocenters. The summed E-state index contributed by atoms with van der Waals surface area (Å²) in [6.45, 7) is 1.33. The first-order valence-electron chi connectivity index (χ1n) is 6.64. The van der Waals surface area contributed by atoms with Gasteiger partial charge in [-0.05, 0) is 49.1 Å². The Hall–Kier alpha value is -1.04. The molecule has 0 saturated heterocycles. The van der Waals surface area contributed by atoms with Crippen molar-refractivity contribution in [3.05, 3.63) is 56.5 Å². The minimum absolute atomic E-state index is 0.136. The van der Waals surface area contributed by atoms with Crippen LogP contribution in [0.2, 0.25) is 0 Å². The van der Waals surface area contributed by atoms with E-state index in [1.165, 1.54) is 11.1 Å². The molecule has 3 nitrogen and oxygen atoms in total. The van der Waals surface area contributed by atoms with E-state index in [0.717, 1.165) is 20.4 Å². The Balaban J connectivity index is 1.91. The molecule has 0 aliphatic carbocycles. The van der Waals surface area contributed by atoms with Crippen molar-refractivity contribution in [3.63, 3.8) is 0 Å². The fourth-order valence-corrected chi connectivity index (χ4v) is 3.76. The molecular weight excluding hydrogens is 398 g/mol. The molecule has 0 saturated carbocycles. The quantitative estimate of drug-likeness (QED) is 0.777. The Morgan fingerprint density at radius 1 is 1.19 bits per heavy atom. The third-order valence-electron chi connectivity index (χ3n) is 3.54. The monoisotopic (exact) mass is 411 g/mol. The highest BCUT2D eigenvalue weighted by Crippen LogP contribution is 2.37. The van der Waals surface area contributed by atoms with Crippen molar-refractivity contribution in [2.24, 2.45) is 0 Å². The predicted octanol–water partition coefficient (Wildman–Crippen LogP) is 4.90. The molecule has 0 amide bonds. The van der Waals surface area contributed by atoms with Crippen LogP contribution >= 0.6 is 31.9 Å². The molecule has 1 aliphatic heterocycles. The second-order valence-corrected chi connectivity index (χ2v) is 6.59. The maximum absolute atomic E-state index is 5.68. The van der Waals surface area contributed by atoms with Crippen molar-refractivity contribution >= 4 is 37.5 Å². The number of fused-ring (bicyclic) bond motifs is 1. The zero-order chi connectivity index (χ0) is 14.8. The van der Waals surface area contributed by atoms with Crippen molar-refractivity contribution in [2.75, 3.05) is 19.0 Å². The molecule has 0 radical (unpaired) electrons. The first-order chi connectivity index (χ1) is 10.2. The van der Waals surface area contributed by atoms with E-state index < -0.39 is 0 Å². The van der Waals surface area contributed by atoms with E-state index in [9.17, 15) is 0 Å². The molecule has 1 N–H and O–H groups in total. The number of halogens is 2. The summed E-state index contributed by atoms with van der Waals surface area (Å²) in [7, 11) is 1.66. The van der Waals surface area contributed by atoms with Gasteiger partial charge in [-0.1, -0.05) is 24.3 Å². The van der Waals surface area contributed by atoms with Crippen molar-refractivity contribution in [1.29, 1.82) is 0 Å². The normalized spacial score (nSPS) is 17.2. The topological polar surface area (TPSA) is 30.5 Å². The molecule has 0 fully saturated rings. The molecule has 1 heterocycles. The number of methoxy groups -OCH3 is 1. The standard InChI is InChI=1S/C16H15Br2NO2/c1-20-16-7-14(12(17)6-13(16)18)19-15-9-21-8-10-4-2-3-5-11(10)15/h2-7,15,19H,8-9H2,1H3. The van der Waals surface area contributed by atoms with Crippen LogP contribution in [0.25, 0.3) is 0 Å². The maximum atomic E-state index is 5.68. The number of nitrogens with one attached hydrogen (secondary N) is 1. The number of hydrogen-bond donors (Lipinski definition) is 1. The van der Waals surface area contributed by atoms with Crippen molar-refractivity contribution < 1.29 is 9.47 Å². The number of anilines is 1. The first kappa shape index (κ1) is 14.9. The van der Waals surface area contributed by atoms with E-state index in [0.29, 0.717) is 13.2 Å². The van der Waals surface area contributed by atoms with Gasteiger partial charge >= 0.3 is 0 Å². The lowest BCUT2D eigenvalue weighted by molar-refractivity contribution is 0.0970. The van der Waals surface area contributed by atoms with Gasteiger partial charge in [0.2, 0.25) is 0 Å². The van der Waals surface area contributed by atoms with Crippen LogP contribution in [0, 0.1) is 0 Å². The highest BCUT2D eigenvalue weighted by atomic mass is 79.9. The molecule has 1 atom stereocenters. The van der Waals surface area contributed by atoms with Crippen molar-refractivity contribution in [3.8, 4) is 5.75 Å². The number of rotatable bonds is 3. The molecular formula is C16H15Br2NO2. The number of ether oxygens (including phenoxy) is 2. The summed E-state index contributed by atoms with van der Waals surface area (Å²) in [5.41, 5.74) is 3.51. The second-order valence-electron chi connectivity index (χ2n) is 4.88. The van der Waals surface area contributed by atoms with Crippen molar-refractivity contribution in [2.45, 2.75) is 12.6 Å². The summed E-state index contributed by atoms with van der Waals surface area (Å²) in [5.74, 6) is 0.797. The van der Waals surface area contributed by atoms with Gasteiger partial charge in [-0.15, -0.1) is 0 Å². The zero-order valence-electron chi connectivity index (χ0n) is 11.5. The van der Waals surface area contributed by atoms with Gasteiger partial charge in [-0.25, -0.2) is 0 Å². The minimum atomic E-state index is 0.136. The van der Waals surface area contributed by atoms with E-state index in [2.05, 4.69) is 55.4 Å². The van der Waals surface area contributed by atoms with E-state index in [1.807, 2.05) is 18.2 Å². The third kappa shape index (κ3) is 3.10. The lowest BCUT2D eigenvalue weighted by Gasteiger charge is -2.28. The Morgan fingerprint density at radius 2 is 2.00 bits per heavy atom. The van der Waals surface area contributed by atoms with E-state index >= 15 is 0 Å². The van der Waals surface area contributed by atoms with Gasteiger partial charge in [-0.2, -0.15) is 0 Å². The highest BCUT2D eigenvalue weighted by molar-refractivity contribution is 9.11.